The quantitative estimate of drug-likeness (QED) is 0.800. The molecule has 0 atom stereocenters. The molecule has 0 spiro atoms. The van der Waals surface area contributed by atoms with Crippen molar-refractivity contribution >= 4 is 11.7 Å². The van der Waals surface area contributed by atoms with E-state index in [1.807, 2.05) is 0 Å². The Morgan fingerprint density at radius 2 is 1.95 bits per heavy atom. The Kier molecular flexibility index (Phi) is 4.23. The maximum atomic E-state index is 13.4. The van der Waals surface area contributed by atoms with Crippen molar-refractivity contribution in [3.8, 4) is 12.3 Å². The van der Waals surface area contributed by atoms with Crippen LogP contribution in [0.15, 0.2) is 18.2 Å². The normalized spacial score (nSPS) is 17.1. The van der Waals surface area contributed by atoms with Crippen molar-refractivity contribution in [2.45, 2.75) is 37.6 Å². The topological polar surface area (TPSA) is 41.1 Å². The van der Waals surface area contributed by atoms with Crippen LogP contribution in [0.5, 0.6) is 0 Å². The van der Waals surface area contributed by atoms with Gasteiger partial charge in [-0.1, -0.05) is 25.2 Å². The molecule has 0 bridgehead atoms. The van der Waals surface area contributed by atoms with E-state index in [0.29, 0.717) is 18.9 Å². The van der Waals surface area contributed by atoms with Crippen LogP contribution in [-0.4, -0.2) is 11.6 Å². The standard InChI is InChI=1S/C15H16F2N2O/c1-2-15(8-4-3-5-9-15)19-14(20)18-13-7-6-11(16)10-12(13)17/h1,6-7,10H,3-5,8-9H2,(H2,18,19,20). The predicted molar refractivity (Wildman–Crippen MR) is 73.2 cm³/mol. The van der Waals surface area contributed by atoms with E-state index in [-0.39, 0.29) is 5.69 Å². The molecule has 1 aliphatic carbocycles. The summed E-state index contributed by atoms with van der Waals surface area (Å²) in [6.45, 7) is 0. The minimum atomic E-state index is -0.821. The number of benzene rings is 1. The van der Waals surface area contributed by atoms with E-state index in [4.69, 9.17) is 6.42 Å². The zero-order valence-corrected chi connectivity index (χ0v) is 11.0. The predicted octanol–water partition coefficient (Wildman–Crippen LogP) is 3.42. The first-order valence-electron chi connectivity index (χ1n) is 6.57. The Bertz CT molecular complexity index is 545. The molecule has 2 rings (SSSR count). The molecule has 3 nitrogen and oxygen atoms in total. The van der Waals surface area contributed by atoms with Crippen molar-refractivity contribution in [3.63, 3.8) is 0 Å². The number of nitrogens with one attached hydrogen (secondary N) is 2. The summed E-state index contributed by atoms with van der Waals surface area (Å²) in [5.41, 5.74) is -0.745. The van der Waals surface area contributed by atoms with Gasteiger partial charge in [0.15, 0.2) is 0 Å². The first-order chi connectivity index (χ1) is 9.54. The number of urea groups is 1. The lowest BCUT2D eigenvalue weighted by molar-refractivity contribution is 0.234. The molecule has 0 radical (unpaired) electrons. The molecule has 5 heteroatoms. The molecule has 1 saturated carbocycles. The summed E-state index contributed by atoms with van der Waals surface area (Å²) in [6.07, 6.45) is 9.94. The van der Waals surface area contributed by atoms with Gasteiger partial charge in [-0.05, 0) is 25.0 Å². The van der Waals surface area contributed by atoms with Gasteiger partial charge in [-0.25, -0.2) is 13.6 Å². The number of carbonyl (C=O) groups excluding carboxylic acids is 1. The van der Waals surface area contributed by atoms with Crippen LogP contribution in [0.1, 0.15) is 32.1 Å². The molecular weight excluding hydrogens is 262 g/mol. The summed E-state index contributed by atoms with van der Waals surface area (Å²) in [7, 11) is 0. The summed E-state index contributed by atoms with van der Waals surface area (Å²) in [6, 6.07) is 2.40. The van der Waals surface area contributed by atoms with E-state index in [0.717, 1.165) is 25.3 Å². The average molecular weight is 278 g/mol. The van der Waals surface area contributed by atoms with Gasteiger partial charge in [-0.3, -0.25) is 0 Å². The van der Waals surface area contributed by atoms with Gasteiger partial charge >= 0.3 is 6.03 Å². The zero-order chi connectivity index (χ0) is 14.6. The molecule has 0 aromatic heterocycles. The van der Waals surface area contributed by atoms with Crippen LogP contribution < -0.4 is 10.6 Å². The second kappa shape index (κ2) is 5.91. The summed E-state index contributed by atoms with van der Waals surface area (Å²) in [4.78, 5) is 11.9. The number of halogens is 2. The second-order valence-corrected chi connectivity index (χ2v) is 4.99. The second-order valence-electron chi connectivity index (χ2n) is 4.99. The van der Waals surface area contributed by atoms with Gasteiger partial charge in [0.25, 0.3) is 0 Å². The van der Waals surface area contributed by atoms with E-state index in [2.05, 4.69) is 16.6 Å². The van der Waals surface area contributed by atoms with Gasteiger partial charge in [0.1, 0.15) is 17.2 Å². The number of carbonyl (C=O) groups is 1. The van der Waals surface area contributed by atoms with Gasteiger partial charge in [0.05, 0.1) is 5.69 Å². The highest BCUT2D eigenvalue weighted by atomic mass is 19.1. The lowest BCUT2D eigenvalue weighted by atomic mass is 9.82. The summed E-state index contributed by atoms with van der Waals surface area (Å²) in [5, 5.41) is 5.08. The first kappa shape index (κ1) is 14.3. The maximum Gasteiger partial charge on any atom is 0.320 e. The van der Waals surface area contributed by atoms with Crippen LogP contribution in [0, 0.1) is 24.0 Å². The molecule has 2 amide bonds. The van der Waals surface area contributed by atoms with Crippen LogP contribution in [0.3, 0.4) is 0 Å². The third-order valence-corrected chi connectivity index (χ3v) is 3.52. The molecule has 1 aromatic rings. The Labute approximate surface area is 116 Å². The van der Waals surface area contributed by atoms with Crippen molar-refractivity contribution in [2.24, 2.45) is 0 Å². The molecule has 0 heterocycles. The van der Waals surface area contributed by atoms with E-state index in [1.165, 1.54) is 6.07 Å². The smallest absolute Gasteiger partial charge is 0.320 e. The van der Waals surface area contributed by atoms with E-state index >= 15 is 0 Å². The lowest BCUT2D eigenvalue weighted by Gasteiger charge is -2.33. The van der Waals surface area contributed by atoms with Crippen LogP contribution in [0.2, 0.25) is 0 Å². The highest BCUT2D eigenvalue weighted by molar-refractivity contribution is 5.90. The monoisotopic (exact) mass is 278 g/mol. The molecule has 0 unspecified atom stereocenters. The van der Waals surface area contributed by atoms with Crippen molar-refractivity contribution in [1.29, 1.82) is 0 Å². The van der Waals surface area contributed by atoms with Gasteiger partial charge in [-0.15, -0.1) is 6.42 Å². The summed E-state index contributed by atoms with van der Waals surface area (Å²) >= 11 is 0. The van der Waals surface area contributed by atoms with Crippen molar-refractivity contribution in [2.75, 3.05) is 5.32 Å². The van der Waals surface area contributed by atoms with Crippen LogP contribution >= 0.6 is 0 Å². The molecule has 106 valence electrons. The van der Waals surface area contributed by atoms with Crippen molar-refractivity contribution < 1.29 is 13.6 Å². The van der Waals surface area contributed by atoms with Gasteiger partial charge in [0, 0.05) is 6.07 Å². The maximum absolute atomic E-state index is 13.4. The average Bonchev–Trinajstić information content (AvgIpc) is 2.43. The third kappa shape index (κ3) is 3.27. The molecule has 1 aliphatic rings. The van der Waals surface area contributed by atoms with E-state index in [1.54, 1.807) is 0 Å². The summed E-state index contributed by atoms with van der Waals surface area (Å²) < 4.78 is 26.2. The van der Waals surface area contributed by atoms with Crippen LogP contribution in [0.25, 0.3) is 0 Å². The van der Waals surface area contributed by atoms with Crippen molar-refractivity contribution in [1.82, 2.24) is 5.32 Å². The Hall–Kier alpha value is -2.09. The fraction of sp³-hybridized carbons (Fsp3) is 0.400. The number of hydrogen-bond donors (Lipinski definition) is 2. The highest BCUT2D eigenvalue weighted by Crippen LogP contribution is 2.27. The number of anilines is 1. The Morgan fingerprint density at radius 1 is 1.25 bits per heavy atom. The third-order valence-electron chi connectivity index (χ3n) is 3.52. The molecule has 1 aromatic carbocycles. The fourth-order valence-electron chi connectivity index (χ4n) is 2.42. The Balaban J connectivity index is 2.03. The SMILES string of the molecule is C#CC1(NC(=O)Nc2ccc(F)cc2F)CCCCC1. The van der Waals surface area contributed by atoms with Gasteiger partial charge < -0.3 is 10.6 Å². The van der Waals surface area contributed by atoms with E-state index < -0.39 is 23.2 Å². The molecule has 20 heavy (non-hydrogen) atoms. The number of hydrogen-bond acceptors (Lipinski definition) is 1. The number of amides is 2. The lowest BCUT2D eigenvalue weighted by Crippen LogP contribution is -2.50. The fourth-order valence-corrected chi connectivity index (χ4v) is 2.42. The van der Waals surface area contributed by atoms with Crippen molar-refractivity contribution in [3.05, 3.63) is 29.8 Å². The van der Waals surface area contributed by atoms with E-state index in [9.17, 15) is 13.6 Å². The first-order valence-corrected chi connectivity index (χ1v) is 6.57. The van der Waals surface area contributed by atoms with Crippen LogP contribution in [0.4, 0.5) is 19.3 Å². The minimum Gasteiger partial charge on any atom is -0.322 e. The van der Waals surface area contributed by atoms with Crippen LogP contribution in [-0.2, 0) is 0 Å². The van der Waals surface area contributed by atoms with Gasteiger partial charge in [0.2, 0.25) is 0 Å². The minimum absolute atomic E-state index is 0.0770. The Morgan fingerprint density at radius 3 is 2.55 bits per heavy atom. The number of rotatable bonds is 2. The molecule has 0 aliphatic heterocycles. The number of terminal acetylenes is 1. The van der Waals surface area contributed by atoms with Gasteiger partial charge in [-0.2, -0.15) is 0 Å². The molecule has 0 saturated heterocycles. The molecular formula is C15H16F2N2O. The zero-order valence-electron chi connectivity index (χ0n) is 11.0. The molecule has 2 N–H and O–H groups in total. The summed E-state index contributed by atoms with van der Waals surface area (Å²) in [5.74, 6) is 1.12. The highest BCUT2D eigenvalue weighted by Gasteiger charge is 2.31. The largest absolute Gasteiger partial charge is 0.322 e. The molecule has 1 fully saturated rings.